The highest BCUT2D eigenvalue weighted by molar-refractivity contribution is 5.98. The van der Waals surface area contributed by atoms with E-state index in [4.69, 9.17) is 9.47 Å². The zero-order chi connectivity index (χ0) is 24.4. The van der Waals surface area contributed by atoms with Crippen LogP contribution in [0, 0.1) is 0 Å². The van der Waals surface area contributed by atoms with Crippen molar-refractivity contribution in [2.45, 2.75) is 17.8 Å². The molecule has 8 nitrogen and oxygen atoms in total. The van der Waals surface area contributed by atoms with E-state index in [1.165, 1.54) is 7.11 Å². The van der Waals surface area contributed by atoms with E-state index in [0.29, 0.717) is 24.3 Å². The Balaban J connectivity index is 1.56. The number of hydrogen-bond donors (Lipinski definition) is 2. The molecule has 2 aliphatic rings. The van der Waals surface area contributed by atoms with Crippen LogP contribution in [0.4, 0.5) is 5.69 Å². The number of cyclic esters (lactones) is 1. The molecule has 2 fully saturated rings. The lowest BCUT2D eigenvalue weighted by Gasteiger charge is -2.44. The zero-order valence-electron chi connectivity index (χ0n) is 19.1. The molecule has 0 saturated carbocycles. The van der Waals surface area contributed by atoms with Crippen molar-refractivity contribution < 1.29 is 23.9 Å². The number of nitrogens with zero attached hydrogens (tertiary/aromatic N) is 1. The van der Waals surface area contributed by atoms with Gasteiger partial charge in [-0.1, -0.05) is 66.7 Å². The van der Waals surface area contributed by atoms with Crippen molar-refractivity contribution >= 4 is 23.5 Å². The SMILES string of the molecule is COC(=O)c1cccc(NC(=O)C2CNCC3C(=O)OC(c4ccccc4)(c4ccccc4)N23)c1. The average Bonchev–Trinajstić information content (AvgIpc) is 3.23. The summed E-state index contributed by atoms with van der Waals surface area (Å²) in [6.07, 6.45) is 0. The number of hydrogen-bond acceptors (Lipinski definition) is 7. The minimum atomic E-state index is -1.26. The number of fused-ring (bicyclic) bond motifs is 1. The molecule has 178 valence electrons. The third kappa shape index (κ3) is 3.96. The second-order valence-corrected chi connectivity index (χ2v) is 8.46. The quantitative estimate of drug-likeness (QED) is 0.552. The Labute approximate surface area is 202 Å². The number of nitrogens with one attached hydrogen (secondary N) is 2. The fourth-order valence-corrected chi connectivity index (χ4v) is 4.87. The van der Waals surface area contributed by atoms with Crippen molar-refractivity contribution in [3.05, 3.63) is 102 Å². The van der Waals surface area contributed by atoms with E-state index in [0.717, 1.165) is 11.1 Å². The van der Waals surface area contributed by atoms with E-state index < -0.39 is 29.7 Å². The molecule has 2 aliphatic heterocycles. The van der Waals surface area contributed by atoms with Crippen molar-refractivity contribution in [3.63, 3.8) is 0 Å². The summed E-state index contributed by atoms with van der Waals surface area (Å²) in [5.41, 5.74) is 1.04. The van der Waals surface area contributed by atoms with Crippen molar-refractivity contribution in [1.29, 1.82) is 0 Å². The van der Waals surface area contributed by atoms with E-state index >= 15 is 0 Å². The Morgan fingerprint density at radius 1 is 0.971 bits per heavy atom. The van der Waals surface area contributed by atoms with E-state index in [-0.39, 0.29) is 5.91 Å². The minimum Gasteiger partial charge on any atom is -0.465 e. The van der Waals surface area contributed by atoms with Gasteiger partial charge in [0.05, 0.1) is 12.7 Å². The van der Waals surface area contributed by atoms with Crippen molar-refractivity contribution in [2.24, 2.45) is 0 Å². The number of benzene rings is 3. The number of rotatable bonds is 5. The van der Waals surface area contributed by atoms with Gasteiger partial charge in [0.15, 0.2) is 0 Å². The third-order valence-corrected chi connectivity index (χ3v) is 6.41. The van der Waals surface area contributed by atoms with Crippen LogP contribution in [0.15, 0.2) is 84.9 Å². The number of carbonyl (C=O) groups excluding carboxylic acids is 3. The van der Waals surface area contributed by atoms with Gasteiger partial charge in [0, 0.05) is 29.9 Å². The molecule has 3 aromatic carbocycles. The Bertz CT molecular complexity index is 1210. The van der Waals surface area contributed by atoms with Crippen molar-refractivity contribution in [1.82, 2.24) is 10.2 Å². The van der Waals surface area contributed by atoms with Crippen LogP contribution in [0.2, 0.25) is 0 Å². The molecule has 0 radical (unpaired) electrons. The summed E-state index contributed by atoms with van der Waals surface area (Å²) in [6, 6.07) is 24.1. The van der Waals surface area contributed by atoms with Gasteiger partial charge < -0.3 is 20.1 Å². The van der Waals surface area contributed by atoms with Gasteiger partial charge in [0.2, 0.25) is 11.6 Å². The van der Waals surface area contributed by atoms with Crippen LogP contribution in [0.25, 0.3) is 0 Å². The lowest BCUT2D eigenvalue weighted by atomic mass is 9.90. The monoisotopic (exact) mass is 471 g/mol. The Morgan fingerprint density at radius 3 is 2.26 bits per heavy atom. The molecule has 8 heteroatoms. The van der Waals surface area contributed by atoms with Crippen molar-refractivity contribution in [2.75, 3.05) is 25.5 Å². The van der Waals surface area contributed by atoms with E-state index in [2.05, 4.69) is 10.6 Å². The highest BCUT2D eigenvalue weighted by Crippen LogP contribution is 2.45. The minimum absolute atomic E-state index is 0.317. The molecule has 2 saturated heterocycles. The van der Waals surface area contributed by atoms with Crippen molar-refractivity contribution in [3.8, 4) is 0 Å². The summed E-state index contributed by atoms with van der Waals surface area (Å²) in [6.45, 7) is 0.680. The normalized spacial score (nSPS) is 21.0. The van der Waals surface area contributed by atoms with Crippen LogP contribution in [0.5, 0.6) is 0 Å². The summed E-state index contributed by atoms with van der Waals surface area (Å²) >= 11 is 0. The molecule has 1 amide bonds. The molecule has 2 heterocycles. The molecule has 0 aliphatic carbocycles. The van der Waals surface area contributed by atoms with Gasteiger partial charge in [0.25, 0.3) is 0 Å². The maximum atomic E-state index is 13.6. The molecular formula is C27H25N3O5. The van der Waals surface area contributed by atoms with Crippen LogP contribution in [0.3, 0.4) is 0 Å². The molecule has 2 unspecified atom stereocenters. The Kier molecular flexibility index (Phi) is 6.07. The van der Waals surface area contributed by atoms with Gasteiger partial charge in [-0.25, -0.2) is 9.69 Å². The number of anilines is 1. The lowest BCUT2D eigenvalue weighted by molar-refractivity contribution is -0.152. The number of methoxy groups -OCH3 is 1. The van der Waals surface area contributed by atoms with Crippen LogP contribution >= 0.6 is 0 Å². The molecule has 35 heavy (non-hydrogen) atoms. The summed E-state index contributed by atoms with van der Waals surface area (Å²) in [7, 11) is 1.30. The highest BCUT2D eigenvalue weighted by Gasteiger charge is 2.60. The van der Waals surface area contributed by atoms with Crippen LogP contribution < -0.4 is 10.6 Å². The number of esters is 2. The topological polar surface area (TPSA) is 97.0 Å². The Hall–Kier alpha value is -4.01. The summed E-state index contributed by atoms with van der Waals surface area (Å²) in [4.78, 5) is 40.6. The van der Waals surface area contributed by atoms with Crippen LogP contribution in [-0.4, -0.2) is 55.0 Å². The first-order chi connectivity index (χ1) is 17.0. The molecule has 0 aromatic heterocycles. The lowest BCUT2D eigenvalue weighted by Crippen LogP contribution is -2.65. The van der Waals surface area contributed by atoms with Crippen LogP contribution in [0.1, 0.15) is 21.5 Å². The molecule has 0 spiro atoms. The summed E-state index contributed by atoms with van der Waals surface area (Å²) < 4.78 is 11.0. The van der Waals surface area contributed by atoms with Gasteiger partial charge in [-0.05, 0) is 18.2 Å². The average molecular weight is 472 g/mol. The predicted octanol–water partition coefficient (Wildman–Crippen LogP) is 2.51. The maximum absolute atomic E-state index is 13.6. The molecule has 3 aromatic rings. The molecule has 5 rings (SSSR count). The number of piperazine rings is 1. The fourth-order valence-electron chi connectivity index (χ4n) is 4.87. The number of ether oxygens (including phenoxy) is 2. The summed E-state index contributed by atoms with van der Waals surface area (Å²) in [5.74, 6) is -1.21. The first-order valence-corrected chi connectivity index (χ1v) is 11.4. The van der Waals surface area contributed by atoms with Gasteiger partial charge in [-0.15, -0.1) is 0 Å². The molecule has 0 bridgehead atoms. The second kappa shape index (κ2) is 9.32. The number of carbonyl (C=O) groups is 3. The first kappa shape index (κ1) is 22.8. The van der Waals surface area contributed by atoms with Gasteiger partial charge in [0.1, 0.15) is 12.1 Å². The zero-order valence-corrected chi connectivity index (χ0v) is 19.1. The number of amides is 1. The Morgan fingerprint density at radius 2 is 1.63 bits per heavy atom. The smallest absolute Gasteiger partial charge is 0.337 e. The predicted molar refractivity (Wildman–Crippen MR) is 128 cm³/mol. The fraction of sp³-hybridized carbons (Fsp3) is 0.222. The molecule has 2 atom stereocenters. The van der Waals surface area contributed by atoms with Gasteiger partial charge in [-0.2, -0.15) is 0 Å². The first-order valence-electron chi connectivity index (χ1n) is 11.4. The molecule has 2 N–H and O–H groups in total. The van der Waals surface area contributed by atoms with Gasteiger partial charge >= 0.3 is 11.9 Å². The van der Waals surface area contributed by atoms with E-state index in [1.54, 1.807) is 24.3 Å². The third-order valence-electron chi connectivity index (χ3n) is 6.41. The molecular weight excluding hydrogens is 446 g/mol. The van der Waals surface area contributed by atoms with Gasteiger partial charge in [-0.3, -0.25) is 9.59 Å². The van der Waals surface area contributed by atoms with E-state index in [9.17, 15) is 14.4 Å². The maximum Gasteiger partial charge on any atom is 0.337 e. The summed E-state index contributed by atoms with van der Waals surface area (Å²) in [5, 5.41) is 6.11. The standard InChI is InChI=1S/C27H25N3O5/c1-34-25(32)18-9-8-14-21(15-18)29-24(31)22-16-28-17-23-26(33)35-27(30(22)23,19-10-4-2-5-11-19)20-12-6-3-7-13-20/h2-15,22-23,28H,16-17H2,1H3,(H,29,31). The highest BCUT2D eigenvalue weighted by atomic mass is 16.6. The largest absolute Gasteiger partial charge is 0.465 e. The van der Waals surface area contributed by atoms with Crippen LogP contribution in [-0.2, 0) is 24.8 Å². The second-order valence-electron chi connectivity index (χ2n) is 8.46. The van der Waals surface area contributed by atoms with E-state index in [1.807, 2.05) is 65.6 Å².